The lowest BCUT2D eigenvalue weighted by molar-refractivity contribution is 0.0212. The molecule has 3 rings (SSSR count). The molecule has 2 aromatic rings. The van der Waals surface area contributed by atoms with Crippen LogP contribution in [0.1, 0.15) is 22.0 Å². The summed E-state index contributed by atoms with van der Waals surface area (Å²) >= 11 is 2.12. The molecular formula is C16H13IO4. The summed E-state index contributed by atoms with van der Waals surface area (Å²) in [6, 6.07) is 12.5. The van der Waals surface area contributed by atoms with Crippen LogP contribution in [0.4, 0.5) is 0 Å². The summed E-state index contributed by atoms with van der Waals surface area (Å²) in [6.07, 6.45) is -1.91. The van der Waals surface area contributed by atoms with Crippen molar-refractivity contribution in [2.45, 2.75) is 12.2 Å². The van der Waals surface area contributed by atoms with E-state index in [1.165, 1.54) is 0 Å². The van der Waals surface area contributed by atoms with E-state index in [0.29, 0.717) is 17.1 Å². The van der Waals surface area contributed by atoms with Gasteiger partial charge < -0.3 is 14.6 Å². The summed E-state index contributed by atoms with van der Waals surface area (Å²) in [5, 5.41) is 10.2. The smallest absolute Gasteiger partial charge is 0.199 e. The van der Waals surface area contributed by atoms with Crippen molar-refractivity contribution in [2.24, 2.45) is 0 Å². The monoisotopic (exact) mass is 396 g/mol. The summed E-state index contributed by atoms with van der Waals surface area (Å²) in [7, 11) is 1.59. The number of fused-ring (bicyclic) bond motifs is 1. The second-order valence-electron chi connectivity index (χ2n) is 4.74. The number of aliphatic hydroxyl groups is 1. The first-order valence-corrected chi connectivity index (χ1v) is 7.51. The Morgan fingerprint density at radius 2 is 1.90 bits per heavy atom. The number of para-hydroxylation sites is 1. The predicted octanol–water partition coefficient (Wildman–Crippen LogP) is 2.98. The van der Waals surface area contributed by atoms with E-state index in [1.54, 1.807) is 43.5 Å². The van der Waals surface area contributed by atoms with Gasteiger partial charge in [0, 0.05) is 0 Å². The largest absolute Gasteiger partial charge is 0.497 e. The number of ether oxygens (including phenoxy) is 2. The number of carbonyl (C=O) groups excluding carboxylic acids is 1. The predicted molar refractivity (Wildman–Crippen MR) is 85.9 cm³/mol. The van der Waals surface area contributed by atoms with Crippen molar-refractivity contribution in [3.8, 4) is 11.5 Å². The summed E-state index contributed by atoms with van der Waals surface area (Å²) in [4.78, 5) is 12.3. The molecule has 4 nitrogen and oxygen atoms in total. The lowest BCUT2D eigenvalue weighted by Gasteiger charge is -2.30. The molecule has 1 aliphatic heterocycles. The number of halogens is 1. The van der Waals surface area contributed by atoms with Crippen LogP contribution in [0.5, 0.6) is 11.5 Å². The van der Waals surface area contributed by atoms with Gasteiger partial charge in [0.1, 0.15) is 11.5 Å². The number of ketones is 1. The van der Waals surface area contributed by atoms with Crippen molar-refractivity contribution < 1.29 is 19.4 Å². The fourth-order valence-corrected chi connectivity index (χ4v) is 2.98. The topological polar surface area (TPSA) is 55.8 Å². The third-order valence-electron chi connectivity index (χ3n) is 3.48. The molecule has 1 aliphatic rings. The Hall–Kier alpha value is -1.60. The SMILES string of the molecule is COc1ccc(C2Oc3c(I)cccc3C(=O)C2O)cc1. The Labute approximate surface area is 135 Å². The molecule has 21 heavy (non-hydrogen) atoms. The highest BCUT2D eigenvalue weighted by Gasteiger charge is 2.37. The van der Waals surface area contributed by atoms with Gasteiger partial charge >= 0.3 is 0 Å². The van der Waals surface area contributed by atoms with Crippen LogP contribution in [0.2, 0.25) is 0 Å². The van der Waals surface area contributed by atoms with Crippen molar-refractivity contribution in [2.75, 3.05) is 7.11 Å². The molecule has 0 fully saturated rings. The van der Waals surface area contributed by atoms with Crippen LogP contribution in [-0.4, -0.2) is 24.1 Å². The fourth-order valence-electron chi connectivity index (χ4n) is 2.35. The third kappa shape index (κ3) is 2.51. The van der Waals surface area contributed by atoms with Crippen LogP contribution in [0.15, 0.2) is 42.5 Å². The molecule has 0 saturated heterocycles. The summed E-state index contributed by atoms with van der Waals surface area (Å²) in [5.74, 6) is 0.940. The van der Waals surface area contributed by atoms with E-state index in [9.17, 15) is 9.90 Å². The highest BCUT2D eigenvalue weighted by Crippen LogP contribution is 2.38. The van der Waals surface area contributed by atoms with Gasteiger partial charge in [-0.25, -0.2) is 0 Å². The molecule has 0 spiro atoms. The maximum atomic E-state index is 12.3. The van der Waals surface area contributed by atoms with Gasteiger partial charge in [-0.05, 0) is 52.4 Å². The van der Waals surface area contributed by atoms with Gasteiger partial charge in [-0.1, -0.05) is 18.2 Å². The number of hydrogen-bond acceptors (Lipinski definition) is 4. The first-order valence-electron chi connectivity index (χ1n) is 6.43. The van der Waals surface area contributed by atoms with Gasteiger partial charge in [0.05, 0.1) is 16.2 Å². The summed E-state index contributed by atoms with van der Waals surface area (Å²) in [5.41, 5.74) is 1.17. The average Bonchev–Trinajstić information content (AvgIpc) is 2.51. The standard InChI is InChI=1S/C16H13IO4/c1-20-10-7-5-9(6-8-10)15-14(19)13(18)11-3-2-4-12(17)16(11)21-15/h2-8,14-15,19H,1H3. The van der Waals surface area contributed by atoms with Crippen LogP contribution >= 0.6 is 22.6 Å². The molecule has 0 aromatic heterocycles. The van der Waals surface area contributed by atoms with E-state index < -0.39 is 12.2 Å². The van der Waals surface area contributed by atoms with Crippen molar-refractivity contribution in [1.29, 1.82) is 0 Å². The molecular weight excluding hydrogens is 383 g/mol. The normalized spacial score (nSPS) is 20.6. The van der Waals surface area contributed by atoms with Gasteiger partial charge in [0.25, 0.3) is 0 Å². The number of Topliss-reactive ketones (excluding diaryl/α,β-unsaturated/α-hetero) is 1. The maximum Gasteiger partial charge on any atom is 0.199 e. The summed E-state index contributed by atoms with van der Waals surface area (Å²) < 4.78 is 11.8. The van der Waals surface area contributed by atoms with E-state index in [-0.39, 0.29) is 5.78 Å². The Balaban J connectivity index is 2.01. The van der Waals surface area contributed by atoms with E-state index in [2.05, 4.69) is 22.6 Å². The van der Waals surface area contributed by atoms with Gasteiger partial charge in [-0.3, -0.25) is 4.79 Å². The molecule has 0 saturated carbocycles. The Morgan fingerprint density at radius 3 is 2.57 bits per heavy atom. The zero-order valence-corrected chi connectivity index (χ0v) is 13.4. The molecule has 2 unspecified atom stereocenters. The van der Waals surface area contributed by atoms with E-state index in [1.807, 2.05) is 6.07 Å². The second kappa shape index (κ2) is 5.65. The van der Waals surface area contributed by atoms with E-state index in [0.717, 1.165) is 9.13 Å². The van der Waals surface area contributed by atoms with Crippen LogP contribution < -0.4 is 9.47 Å². The Morgan fingerprint density at radius 1 is 1.19 bits per heavy atom. The lowest BCUT2D eigenvalue weighted by atomic mass is 9.93. The average molecular weight is 396 g/mol. The van der Waals surface area contributed by atoms with Gasteiger partial charge in [-0.2, -0.15) is 0 Å². The van der Waals surface area contributed by atoms with Crippen LogP contribution in [0.25, 0.3) is 0 Å². The van der Waals surface area contributed by atoms with Crippen LogP contribution in [0.3, 0.4) is 0 Å². The minimum Gasteiger partial charge on any atom is -0.497 e. The molecule has 2 atom stereocenters. The highest BCUT2D eigenvalue weighted by atomic mass is 127. The van der Waals surface area contributed by atoms with Gasteiger partial charge in [-0.15, -0.1) is 0 Å². The molecule has 0 amide bonds. The number of hydrogen-bond donors (Lipinski definition) is 1. The maximum absolute atomic E-state index is 12.3. The molecule has 0 aliphatic carbocycles. The minimum absolute atomic E-state index is 0.310. The number of carbonyl (C=O) groups is 1. The Bertz CT molecular complexity index is 681. The van der Waals surface area contributed by atoms with Gasteiger partial charge in [0.15, 0.2) is 18.0 Å². The van der Waals surface area contributed by atoms with Crippen molar-refractivity contribution in [1.82, 2.24) is 0 Å². The third-order valence-corrected chi connectivity index (χ3v) is 4.33. The second-order valence-corrected chi connectivity index (χ2v) is 5.90. The van der Waals surface area contributed by atoms with E-state index in [4.69, 9.17) is 9.47 Å². The van der Waals surface area contributed by atoms with Crippen molar-refractivity contribution >= 4 is 28.4 Å². The zero-order chi connectivity index (χ0) is 15.0. The quantitative estimate of drug-likeness (QED) is 0.794. The van der Waals surface area contributed by atoms with Crippen molar-refractivity contribution in [3.63, 3.8) is 0 Å². The van der Waals surface area contributed by atoms with E-state index >= 15 is 0 Å². The molecule has 108 valence electrons. The van der Waals surface area contributed by atoms with Crippen LogP contribution in [-0.2, 0) is 0 Å². The summed E-state index contributed by atoms with van der Waals surface area (Å²) in [6.45, 7) is 0. The molecule has 0 radical (unpaired) electrons. The lowest BCUT2D eigenvalue weighted by Crippen LogP contribution is -2.36. The Kier molecular flexibility index (Phi) is 3.86. The highest BCUT2D eigenvalue weighted by molar-refractivity contribution is 14.1. The number of benzene rings is 2. The number of aliphatic hydroxyl groups excluding tert-OH is 1. The minimum atomic E-state index is -1.20. The first kappa shape index (κ1) is 14.3. The number of rotatable bonds is 2. The first-order chi connectivity index (χ1) is 10.1. The molecule has 0 bridgehead atoms. The van der Waals surface area contributed by atoms with Crippen LogP contribution in [0, 0.1) is 3.57 Å². The molecule has 1 N–H and O–H groups in total. The molecule has 2 aromatic carbocycles. The zero-order valence-electron chi connectivity index (χ0n) is 11.2. The molecule has 5 heteroatoms. The fraction of sp³-hybridized carbons (Fsp3) is 0.188. The molecule has 1 heterocycles. The number of methoxy groups -OCH3 is 1. The van der Waals surface area contributed by atoms with Gasteiger partial charge in [0.2, 0.25) is 0 Å². The van der Waals surface area contributed by atoms with Crippen molar-refractivity contribution in [3.05, 3.63) is 57.2 Å².